The van der Waals surface area contributed by atoms with Crippen molar-refractivity contribution < 1.29 is 87.8 Å². The van der Waals surface area contributed by atoms with Crippen LogP contribution in [0.3, 0.4) is 0 Å². The van der Waals surface area contributed by atoms with Gasteiger partial charge in [-0.15, -0.1) is 0 Å². The molecule has 3 saturated heterocycles. The Hall–Kier alpha value is -3.49. The number of carbonyl (C=O) groups is 5. The number of carbonyl (C=O) groups excluding carboxylic acids is 5. The quantitative estimate of drug-likeness (QED) is 0.0881. The van der Waals surface area contributed by atoms with Gasteiger partial charge in [0.05, 0.1) is 32.3 Å². The van der Waals surface area contributed by atoms with Crippen molar-refractivity contribution in [1.82, 2.24) is 0 Å². The van der Waals surface area contributed by atoms with Gasteiger partial charge in [-0.3, -0.25) is 9.59 Å². The Balaban J connectivity index is 1.45. The van der Waals surface area contributed by atoms with Crippen LogP contribution in [-0.4, -0.2) is 147 Å². The van der Waals surface area contributed by atoms with Gasteiger partial charge in [0.1, 0.15) is 42.2 Å². The van der Waals surface area contributed by atoms with Crippen LogP contribution < -0.4 is 0 Å². The zero-order chi connectivity index (χ0) is 40.0. The van der Waals surface area contributed by atoms with E-state index in [0.717, 1.165) is 13.2 Å². The molecule has 6 aliphatic rings. The second-order valence-corrected chi connectivity index (χ2v) is 16.0. The van der Waals surface area contributed by atoms with Crippen LogP contribution in [-0.2, 0) is 57.1 Å². The first-order valence-corrected chi connectivity index (χ1v) is 17.8. The Kier molecular flexibility index (Phi) is 10.1. The standard InChI is InChI=1S/C36H48O18/c1-13(33(4,5)54-15(3)38)8-20(39)53-26-28-35-12-49-36(28,32(47)48-7)29(45)25(44)27(35)34(6)10-17(21(40)14(2)16(34)9-19(35)52-30(26)46)50-31-24(43)23(42)22(41)18(11-37)51-31/h8,10,14,16,18-19,22-29,31,37,41-45H,9,11-12H2,1-7H3/b13-8+/t14-,16-,18+,19+,22+,23-,24+,25+,26+,27+,28?,29-,31+,34-,35+,36?/m0/s1. The number of aliphatic hydroxyl groups is 6. The Bertz CT molecular complexity index is 1650. The minimum atomic E-state index is -2.43. The summed E-state index contributed by atoms with van der Waals surface area (Å²) in [5.74, 6) is -9.12. The summed E-state index contributed by atoms with van der Waals surface area (Å²) in [5, 5.41) is 65.1. The highest BCUT2D eigenvalue weighted by atomic mass is 16.7. The lowest BCUT2D eigenvalue weighted by molar-refractivity contribution is -0.296. The number of esters is 4. The lowest BCUT2D eigenvalue weighted by atomic mass is 9.38. The van der Waals surface area contributed by atoms with Crippen LogP contribution in [0.5, 0.6) is 0 Å². The van der Waals surface area contributed by atoms with Crippen molar-refractivity contribution in [3.63, 3.8) is 0 Å². The second kappa shape index (κ2) is 13.6. The topological polar surface area (TPSA) is 271 Å². The van der Waals surface area contributed by atoms with E-state index in [1.165, 1.54) is 33.8 Å². The van der Waals surface area contributed by atoms with Crippen molar-refractivity contribution in [2.24, 2.45) is 34.5 Å². The third-order valence-electron chi connectivity index (χ3n) is 12.8. The summed E-state index contributed by atoms with van der Waals surface area (Å²) in [7, 11) is 1.03. The largest absolute Gasteiger partial charge is 0.467 e. The normalized spacial score (nSPS) is 45.6. The van der Waals surface area contributed by atoms with Crippen LogP contribution in [0.1, 0.15) is 48.0 Å². The molecule has 18 heteroatoms. The summed E-state index contributed by atoms with van der Waals surface area (Å²) < 4.78 is 39.7. The first kappa shape index (κ1) is 40.2. The molecule has 0 aromatic heterocycles. The minimum absolute atomic E-state index is 0.00828. The van der Waals surface area contributed by atoms with Gasteiger partial charge in [-0.1, -0.05) is 13.8 Å². The Labute approximate surface area is 309 Å². The molecule has 16 atom stereocenters. The fraction of sp³-hybridized carbons (Fsp3) is 0.750. The van der Waals surface area contributed by atoms with E-state index in [1.54, 1.807) is 13.8 Å². The molecule has 2 unspecified atom stereocenters. The van der Waals surface area contributed by atoms with Crippen LogP contribution in [0.15, 0.2) is 23.5 Å². The molecule has 0 aromatic carbocycles. The van der Waals surface area contributed by atoms with Gasteiger partial charge < -0.3 is 63.8 Å². The van der Waals surface area contributed by atoms with Crippen LogP contribution in [0, 0.1) is 34.5 Å². The summed E-state index contributed by atoms with van der Waals surface area (Å²) in [6.07, 6.45) is -12.9. The number of hydrogen-bond acceptors (Lipinski definition) is 18. The maximum atomic E-state index is 13.9. The molecule has 3 heterocycles. The fourth-order valence-corrected chi connectivity index (χ4v) is 10.1. The molecule has 2 saturated carbocycles. The van der Waals surface area contributed by atoms with Crippen molar-refractivity contribution in [2.45, 2.75) is 114 Å². The number of allylic oxidation sites excluding steroid dienone is 2. The molecular weight excluding hydrogens is 720 g/mol. The Morgan fingerprint density at radius 2 is 1.69 bits per heavy atom. The van der Waals surface area contributed by atoms with Crippen molar-refractivity contribution >= 4 is 29.7 Å². The van der Waals surface area contributed by atoms with E-state index in [1.807, 2.05) is 0 Å². The number of aliphatic hydroxyl groups excluding tert-OH is 6. The molecule has 54 heavy (non-hydrogen) atoms. The van der Waals surface area contributed by atoms with E-state index in [-0.39, 0.29) is 17.8 Å². The average Bonchev–Trinajstić information content (AvgIpc) is 3.41. The summed E-state index contributed by atoms with van der Waals surface area (Å²) in [6, 6.07) is 0. The van der Waals surface area contributed by atoms with Gasteiger partial charge in [0, 0.05) is 30.3 Å². The highest BCUT2D eigenvalue weighted by molar-refractivity contribution is 5.97. The molecular formula is C36H48O18. The molecule has 18 nitrogen and oxygen atoms in total. The Morgan fingerprint density at radius 1 is 1.02 bits per heavy atom. The van der Waals surface area contributed by atoms with Gasteiger partial charge in [0.15, 0.2) is 11.5 Å². The van der Waals surface area contributed by atoms with Gasteiger partial charge >= 0.3 is 23.9 Å². The lowest BCUT2D eigenvalue weighted by Crippen LogP contribution is -2.79. The van der Waals surface area contributed by atoms with Crippen LogP contribution in [0.25, 0.3) is 0 Å². The summed E-state index contributed by atoms with van der Waals surface area (Å²) in [4.78, 5) is 66.7. The summed E-state index contributed by atoms with van der Waals surface area (Å²) in [5.41, 5.74) is -6.34. The summed E-state index contributed by atoms with van der Waals surface area (Å²) >= 11 is 0. The van der Waals surface area contributed by atoms with Crippen LogP contribution in [0.4, 0.5) is 0 Å². The highest BCUT2D eigenvalue weighted by Gasteiger charge is 2.85. The van der Waals surface area contributed by atoms with Crippen molar-refractivity contribution in [2.75, 3.05) is 20.3 Å². The Morgan fingerprint density at radius 3 is 2.30 bits per heavy atom. The molecule has 0 aromatic rings. The van der Waals surface area contributed by atoms with E-state index < -0.39 is 144 Å². The maximum absolute atomic E-state index is 13.9. The molecule has 3 aliphatic heterocycles. The average molecular weight is 769 g/mol. The van der Waals surface area contributed by atoms with Gasteiger partial charge in [-0.25, -0.2) is 14.4 Å². The smallest absolute Gasteiger partial charge is 0.348 e. The fourth-order valence-electron chi connectivity index (χ4n) is 10.1. The first-order valence-electron chi connectivity index (χ1n) is 17.8. The zero-order valence-electron chi connectivity index (χ0n) is 30.9. The number of hydrogen-bond donors (Lipinski definition) is 6. The molecule has 300 valence electrons. The van der Waals surface area contributed by atoms with Gasteiger partial charge in [-0.05, 0) is 50.2 Å². The van der Waals surface area contributed by atoms with Crippen molar-refractivity contribution in [1.29, 1.82) is 0 Å². The second-order valence-electron chi connectivity index (χ2n) is 16.0. The van der Waals surface area contributed by atoms with Crippen molar-refractivity contribution in [3.05, 3.63) is 23.5 Å². The number of rotatable bonds is 8. The van der Waals surface area contributed by atoms with E-state index in [0.29, 0.717) is 0 Å². The van der Waals surface area contributed by atoms with E-state index in [2.05, 4.69) is 0 Å². The molecule has 2 bridgehead atoms. The first-order chi connectivity index (χ1) is 25.1. The van der Waals surface area contributed by atoms with E-state index >= 15 is 0 Å². The number of Topliss-reactive ketones (excluding diaryl/α,β-unsaturated/α-hetero) is 1. The molecule has 6 rings (SSSR count). The zero-order valence-corrected chi connectivity index (χ0v) is 30.9. The number of ketones is 1. The molecule has 0 amide bonds. The summed E-state index contributed by atoms with van der Waals surface area (Å²) in [6.45, 7) is 7.89. The monoisotopic (exact) mass is 768 g/mol. The van der Waals surface area contributed by atoms with Crippen LogP contribution >= 0.6 is 0 Å². The number of ether oxygens (including phenoxy) is 7. The van der Waals surface area contributed by atoms with Gasteiger partial charge in [-0.2, -0.15) is 0 Å². The lowest BCUT2D eigenvalue weighted by Gasteiger charge is -2.67. The van der Waals surface area contributed by atoms with E-state index in [4.69, 9.17) is 33.2 Å². The third-order valence-corrected chi connectivity index (χ3v) is 12.8. The number of methoxy groups -OCH3 is 1. The molecule has 1 spiro atoms. The van der Waals surface area contributed by atoms with Crippen molar-refractivity contribution in [3.8, 4) is 0 Å². The predicted molar refractivity (Wildman–Crippen MR) is 175 cm³/mol. The predicted octanol–water partition coefficient (Wildman–Crippen LogP) is -2.05. The highest BCUT2D eigenvalue weighted by Crippen LogP contribution is 2.72. The maximum Gasteiger partial charge on any atom is 0.348 e. The molecule has 3 aliphatic carbocycles. The van der Waals surface area contributed by atoms with E-state index in [9.17, 15) is 54.6 Å². The SMILES string of the molecule is COC(=O)C12OC[C@@]34C1[C@@H](OC(=O)/C=C(\C)C(C)(C)OC(C)=O)C(=O)O[C@@H]3C[C@H]1[C@H](C)C(=O)C(O[C@@H]3O[C@H](CO)[C@@H](O)[C@H](O)[C@H]3O)=C[C@]1(C)[C@H]4[C@@H](O)[C@@H]2O. The van der Waals surface area contributed by atoms with Crippen LogP contribution in [0.2, 0.25) is 0 Å². The molecule has 5 fully saturated rings. The minimum Gasteiger partial charge on any atom is -0.467 e. The third kappa shape index (κ3) is 5.63. The van der Waals surface area contributed by atoms with Gasteiger partial charge in [0.2, 0.25) is 18.0 Å². The molecule has 0 radical (unpaired) electrons. The molecule has 6 N–H and O–H groups in total. The van der Waals surface area contributed by atoms with Gasteiger partial charge in [0.25, 0.3) is 0 Å². The number of fused-ring (bicyclic) bond motifs is 2.